The van der Waals surface area contributed by atoms with Gasteiger partial charge in [0.1, 0.15) is 0 Å². The Morgan fingerprint density at radius 2 is 1.93 bits per heavy atom. The molecule has 0 radical (unpaired) electrons. The summed E-state index contributed by atoms with van der Waals surface area (Å²) in [5.41, 5.74) is 1.27. The van der Waals surface area contributed by atoms with E-state index in [1.807, 2.05) is 20.0 Å². The molecule has 1 heterocycles. The van der Waals surface area contributed by atoms with Crippen molar-refractivity contribution in [3.63, 3.8) is 0 Å². The maximum atomic E-state index is 11.9. The Bertz CT molecular complexity index is 589. The van der Waals surface area contributed by atoms with Crippen molar-refractivity contribution in [2.45, 2.75) is 33.1 Å². The molecule has 1 saturated heterocycles. The molecule has 0 aliphatic carbocycles. The molecule has 0 unspecified atom stereocenters. The van der Waals surface area contributed by atoms with Gasteiger partial charge in [-0.15, -0.1) is 24.0 Å². The number of hydrogen-bond acceptors (Lipinski definition) is 4. The van der Waals surface area contributed by atoms with Crippen LogP contribution < -0.4 is 10.2 Å². The van der Waals surface area contributed by atoms with Crippen molar-refractivity contribution < 1.29 is 9.53 Å². The Morgan fingerprint density at radius 1 is 1.25 bits per heavy atom. The predicted molar refractivity (Wildman–Crippen MR) is 127 cm³/mol. The van der Waals surface area contributed by atoms with E-state index < -0.39 is 0 Å². The summed E-state index contributed by atoms with van der Waals surface area (Å²) >= 11 is 0. The van der Waals surface area contributed by atoms with E-state index in [1.165, 1.54) is 5.69 Å². The van der Waals surface area contributed by atoms with Gasteiger partial charge in [0.05, 0.1) is 12.5 Å². The molecule has 0 spiro atoms. The van der Waals surface area contributed by atoms with E-state index in [-0.39, 0.29) is 35.9 Å². The van der Waals surface area contributed by atoms with Gasteiger partial charge in [0.15, 0.2) is 5.96 Å². The minimum Gasteiger partial charge on any atom is -0.466 e. The van der Waals surface area contributed by atoms with E-state index >= 15 is 0 Å². The molecule has 0 saturated carbocycles. The van der Waals surface area contributed by atoms with E-state index in [2.05, 4.69) is 51.3 Å². The fourth-order valence-corrected chi connectivity index (χ4v) is 3.50. The maximum absolute atomic E-state index is 11.9. The Kier molecular flexibility index (Phi) is 11.9. The highest BCUT2D eigenvalue weighted by molar-refractivity contribution is 14.0. The molecular formula is C21H35IN4O2. The zero-order valence-electron chi connectivity index (χ0n) is 17.4. The third-order valence-corrected chi connectivity index (χ3v) is 5.02. The number of likely N-dealkylation sites (tertiary alicyclic amines) is 1. The van der Waals surface area contributed by atoms with Crippen LogP contribution in [0.2, 0.25) is 0 Å². The number of ether oxygens (including phenoxy) is 1. The SMILES string of the molecule is CCOC(=O)C1CCN(C(=NC)NCCCN(CC)c2ccccc2)CC1.I. The zero-order chi connectivity index (χ0) is 19.5. The highest BCUT2D eigenvalue weighted by Crippen LogP contribution is 2.18. The quantitative estimate of drug-likeness (QED) is 0.194. The molecule has 1 fully saturated rings. The molecule has 0 aromatic heterocycles. The second-order valence-electron chi connectivity index (χ2n) is 6.76. The zero-order valence-corrected chi connectivity index (χ0v) is 19.7. The number of nitrogens with zero attached hydrogens (tertiary/aromatic N) is 3. The number of nitrogens with one attached hydrogen (secondary N) is 1. The van der Waals surface area contributed by atoms with E-state index in [1.54, 1.807) is 0 Å². The van der Waals surface area contributed by atoms with Gasteiger partial charge in [-0.2, -0.15) is 0 Å². The number of carbonyl (C=O) groups is 1. The highest BCUT2D eigenvalue weighted by Gasteiger charge is 2.27. The lowest BCUT2D eigenvalue weighted by Crippen LogP contribution is -2.47. The average Bonchev–Trinajstić information content (AvgIpc) is 2.72. The number of esters is 1. The van der Waals surface area contributed by atoms with Gasteiger partial charge in [-0.05, 0) is 45.2 Å². The van der Waals surface area contributed by atoms with Crippen molar-refractivity contribution in [1.29, 1.82) is 0 Å². The summed E-state index contributed by atoms with van der Waals surface area (Å²) in [5, 5.41) is 3.47. The fourth-order valence-electron chi connectivity index (χ4n) is 3.50. The summed E-state index contributed by atoms with van der Waals surface area (Å²) in [5.74, 6) is 0.907. The van der Waals surface area contributed by atoms with Gasteiger partial charge in [-0.3, -0.25) is 9.79 Å². The molecule has 1 aliphatic heterocycles. The first kappa shape index (κ1) is 24.5. The van der Waals surface area contributed by atoms with E-state index in [9.17, 15) is 4.79 Å². The van der Waals surface area contributed by atoms with Gasteiger partial charge in [0, 0.05) is 45.5 Å². The summed E-state index contributed by atoms with van der Waals surface area (Å²) in [7, 11) is 1.82. The van der Waals surface area contributed by atoms with Crippen molar-refractivity contribution in [2.75, 3.05) is 51.3 Å². The van der Waals surface area contributed by atoms with Gasteiger partial charge >= 0.3 is 5.97 Å². The predicted octanol–water partition coefficient (Wildman–Crippen LogP) is 3.37. The van der Waals surface area contributed by atoms with Crippen LogP contribution in [-0.4, -0.2) is 63.2 Å². The van der Waals surface area contributed by atoms with Gasteiger partial charge in [-0.1, -0.05) is 18.2 Å². The van der Waals surface area contributed by atoms with E-state index in [0.29, 0.717) is 6.61 Å². The molecule has 28 heavy (non-hydrogen) atoms. The first-order chi connectivity index (χ1) is 13.2. The summed E-state index contributed by atoms with van der Waals surface area (Å²) in [6, 6.07) is 10.5. The lowest BCUT2D eigenvalue weighted by atomic mass is 9.97. The largest absolute Gasteiger partial charge is 0.466 e. The first-order valence-electron chi connectivity index (χ1n) is 10.1. The maximum Gasteiger partial charge on any atom is 0.309 e. The molecule has 0 bridgehead atoms. The number of rotatable bonds is 8. The number of anilines is 1. The van der Waals surface area contributed by atoms with Crippen LogP contribution in [0, 0.1) is 5.92 Å². The van der Waals surface area contributed by atoms with Crippen molar-refractivity contribution in [3.8, 4) is 0 Å². The van der Waals surface area contributed by atoms with E-state index in [4.69, 9.17) is 4.74 Å². The number of carbonyl (C=O) groups excluding carboxylic acids is 1. The lowest BCUT2D eigenvalue weighted by Gasteiger charge is -2.33. The average molecular weight is 502 g/mol. The summed E-state index contributed by atoms with van der Waals surface area (Å²) in [6.07, 6.45) is 2.70. The van der Waals surface area contributed by atoms with Crippen LogP contribution in [0.1, 0.15) is 33.1 Å². The smallest absolute Gasteiger partial charge is 0.309 e. The molecule has 0 amide bonds. The number of piperidine rings is 1. The second-order valence-corrected chi connectivity index (χ2v) is 6.76. The van der Waals surface area contributed by atoms with Crippen molar-refractivity contribution in [3.05, 3.63) is 30.3 Å². The van der Waals surface area contributed by atoms with Crippen LogP contribution in [0.15, 0.2) is 35.3 Å². The number of aliphatic imine (C=N–C) groups is 1. The number of halogens is 1. The highest BCUT2D eigenvalue weighted by atomic mass is 127. The van der Waals surface area contributed by atoms with Gasteiger partial charge in [0.25, 0.3) is 0 Å². The van der Waals surface area contributed by atoms with Crippen LogP contribution in [0.4, 0.5) is 5.69 Å². The van der Waals surface area contributed by atoms with Crippen molar-refractivity contribution in [1.82, 2.24) is 10.2 Å². The molecule has 0 atom stereocenters. The number of benzene rings is 1. The minimum atomic E-state index is -0.0549. The van der Waals surface area contributed by atoms with Crippen LogP contribution in [0.3, 0.4) is 0 Å². The topological polar surface area (TPSA) is 57.2 Å². The molecule has 2 rings (SSSR count). The molecule has 6 nitrogen and oxygen atoms in total. The Hall–Kier alpha value is -1.51. The Labute approximate surface area is 186 Å². The van der Waals surface area contributed by atoms with Crippen LogP contribution >= 0.6 is 24.0 Å². The summed E-state index contributed by atoms with van der Waals surface area (Å²) in [6.45, 7) is 9.08. The minimum absolute atomic E-state index is 0. The monoisotopic (exact) mass is 502 g/mol. The molecule has 1 aromatic rings. The van der Waals surface area contributed by atoms with Gasteiger partial charge in [-0.25, -0.2) is 0 Å². The fraction of sp³-hybridized carbons (Fsp3) is 0.619. The lowest BCUT2D eigenvalue weighted by molar-refractivity contribution is -0.149. The van der Waals surface area contributed by atoms with Crippen LogP contribution in [0.5, 0.6) is 0 Å². The number of hydrogen-bond donors (Lipinski definition) is 1. The summed E-state index contributed by atoms with van der Waals surface area (Å²) in [4.78, 5) is 20.9. The van der Waals surface area contributed by atoms with Gasteiger partial charge < -0.3 is 19.9 Å². The number of guanidine groups is 1. The molecule has 158 valence electrons. The molecule has 1 aliphatic rings. The summed E-state index contributed by atoms with van der Waals surface area (Å²) < 4.78 is 5.14. The second kappa shape index (κ2) is 13.6. The molecule has 7 heteroatoms. The third kappa shape index (κ3) is 7.48. The van der Waals surface area contributed by atoms with Crippen LogP contribution in [-0.2, 0) is 9.53 Å². The van der Waals surface area contributed by atoms with Crippen molar-refractivity contribution >= 4 is 41.6 Å². The molecule has 1 N–H and O–H groups in total. The first-order valence-corrected chi connectivity index (χ1v) is 10.1. The van der Waals surface area contributed by atoms with Gasteiger partial charge in [0.2, 0.25) is 0 Å². The van der Waals surface area contributed by atoms with Crippen molar-refractivity contribution in [2.24, 2.45) is 10.9 Å². The standard InChI is InChI=1S/C21H34N4O2.HI/c1-4-24(19-10-7-6-8-11-19)15-9-14-23-21(22-3)25-16-12-18(13-17-25)20(26)27-5-2;/h6-8,10-11,18H,4-5,9,12-17H2,1-3H3,(H,22,23);1H. The normalized spacial score (nSPS) is 15.0. The van der Waals surface area contributed by atoms with E-state index in [0.717, 1.165) is 57.9 Å². The molecular weight excluding hydrogens is 467 g/mol. The Balaban J connectivity index is 0.00000392. The molecule has 1 aromatic carbocycles. The number of para-hydroxylation sites is 1. The third-order valence-electron chi connectivity index (χ3n) is 5.02. The van der Waals surface area contributed by atoms with Crippen LogP contribution in [0.25, 0.3) is 0 Å². The Morgan fingerprint density at radius 3 is 2.50 bits per heavy atom.